The number of alkyl halides is 3. The van der Waals surface area contributed by atoms with Crippen molar-refractivity contribution in [2.75, 3.05) is 30.9 Å². The van der Waals surface area contributed by atoms with Crippen molar-refractivity contribution >= 4 is 33.3 Å². The molecule has 13 heteroatoms. The van der Waals surface area contributed by atoms with Gasteiger partial charge in [-0.1, -0.05) is 24.6 Å². The van der Waals surface area contributed by atoms with Gasteiger partial charge < -0.3 is 9.64 Å². The van der Waals surface area contributed by atoms with E-state index in [9.17, 15) is 30.8 Å². The smallest absolute Gasteiger partial charge is 0.418 e. The van der Waals surface area contributed by atoms with Gasteiger partial charge in [0.15, 0.2) is 0 Å². The molecular weight excluding hydrogens is 538 g/mol. The van der Waals surface area contributed by atoms with Crippen LogP contribution in [-0.4, -0.2) is 45.3 Å². The van der Waals surface area contributed by atoms with Crippen LogP contribution in [0.1, 0.15) is 60.0 Å². The molecule has 2 aromatic rings. The molecule has 4 rings (SSSR count). The van der Waals surface area contributed by atoms with E-state index in [1.807, 2.05) is 6.92 Å². The van der Waals surface area contributed by atoms with Crippen LogP contribution in [0.5, 0.6) is 5.75 Å². The largest absolute Gasteiger partial charge is 0.492 e. The topological polar surface area (TPSA) is 88.6 Å². The molecule has 1 aliphatic heterocycles. The van der Waals surface area contributed by atoms with Gasteiger partial charge >= 0.3 is 6.18 Å². The third kappa shape index (κ3) is 6.46. The molecule has 0 unspecified atom stereocenters. The van der Waals surface area contributed by atoms with E-state index in [1.165, 1.54) is 0 Å². The van der Waals surface area contributed by atoms with E-state index in [0.29, 0.717) is 31.5 Å². The van der Waals surface area contributed by atoms with Gasteiger partial charge in [-0.05, 0) is 49.3 Å². The van der Waals surface area contributed by atoms with E-state index in [4.69, 9.17) is 16.3 Å². The number of rotatable bonds is 7. The molecule has 202 valence electrons. The molecule has 2 fully saturated rings. The number of hydrogen-bond acceptors (Lipinski definition) is 6. The highest BCUT2D eigenvalue weighted by Gasteiger charge is 2.37. The highest BCUT2D eigenvalue weighted by Crippen LogP contribution is 2.47. The fourth-order valence-electron chi connectivity index (χ4n) is 4.36. The molecular formula is C24H26ClF4N3O4S. The van der Waals surface area contributed by atoms with Crippen LogP contribution >= 0.6 is 11.6 Å². The van der Waals surface area contributed by atoms with Gasteiger partial charge in [-0.2, -0.15) is 13.2 Å². The molecule has 1 aromatic heterocycles. The Hall–Kier alpha value is -2.60. The normalized spacial score (nSPS) is 18.0. The number of hydrogen-bond donors (Lipinski definition) is 1. The van der Waals surface area contributed by atoms with Crippen LogP contribution in [0.2, 0.25) is 5.02 Å². The number of ether oxygens (including phenoxy) is 1. The lowest BCUT2D eigenvalue weighted by Crippen LogP contribution is -2.42. The highest BCUT2D eigenvalue weighted by atomic mass is 35.5. The number of piperidine rings is 1. The Balaban J connectivity index is 1.51. The van der Waals surface area contributed by atoms with Gasteiger partial charge in [0.25, 0.3) is 5.91 Å². The van der Waals surface area contributed by atoms with Crippen LogP contribution in [0.15, 0.2) is 24.4 Å². The van der Waals surface area contributed by atoms with Crippen molar-refractivity contribution in [2.24, 2.45) is 5.41 Å². The number of nitrogens with one attached hydrogen (secondary N) is 1. The zero-order chi connectivity index (χ0) is 27.2. The minimum Gasteiger partial charge on any atom is -0.492 e. The van der Waals surface area contributed by atoms with Crippen molar-refractivity contribution in [3.05, 3.63) is 51.9 Å². The van der Waals surface area contributed by atoms with E-state index < -0.39 is 49.5 Å². The van der Waals surface area contributed by atoms with Crippen molar-refractivity contribution in [3.63, 3.8) is 0 Å². The number of carbonyl (C=O) groups is 1. The number of carbonyl (C=O) groups excluding carboxylic acids is 1. The molecule has 1 N–H and O–H groups in total. The molecule has 2 aliphatic rings. The second-order valence-electron chi connectivity index (χ2n) is 9.92. The lowest BCUT2D eigenvalue weighted by molar-refractivity contribution is -0.137. The molecule has 0 radical (unpaired) electrons. The maximum Gasteiger partial charge on any atom is 0.418 e. The summed E-state index contributed by atoms with van der Waals surface area (Å²) in [5.41, 5.74) is -1.20. The van der Waals surface area contributed by atoms with Gasteiger partial charge in [-0.3, -0.25) is 4.79 Å². The number of nitrogens with zero attached hydrogens (tertiary/aromatic N) is 2. The maximum absolute atomic E-state index is 14.7. The van der Waals surface area contributed by atoms with E-state index >= 15 is 0 Å². The molecule has 1 saturated carbocycles. The lowest BCUT2D eigenvalue weighted by Gasteiger charge is -2.40. The van der Waals surface area contributed by atoms with Crippen molar-refractivity contribution in [1.82, 2.24) is 9.71 Å². The number of halogens is 5. The fraction of sp³-hybridized carbons (Fsp3) is 0.500. The van der Waals surface area contributed by atoms with Gasteiger partial charge in [-0.15, -0.1) is 0 Å². The Morgan fingerprint density at radius 2 is 1.92 bits per heavy atom. The van der Waals surface area contributed by atoms with Crippen LogP contribution in [0.25, 0.3) is 0 Å². The average molecular weight is 564 g/mol. The van der Waals surface area contributed by atoms with Gasteiger partial charge in [-0.25, -0.2) is 22.5 Å². The molecule has 7 nitrogen and oxygen atoms in total. The minimum absolute atomic E-state index is 0.0292. The predicted octanol–water partition coefficient (Wildman–Crippen LogP) is 5.15. The van der Waals surface area contributed by atoms with Crippen molar-refractivity contribution < 1.29 is 35.5 Å². The summed E-state index contributed by atoms with van der Waals surface area (Å²) in [6, 6.07) is 3.62. The summed E-state index contributed by atoms with van der Waals surface area (Å²) in [7, 11) is -3.93. The van der Waals surface area contributed by atoms with E-state index in [1.54, 1.807) is 15.7 Å². The molecule has 1 amide bonds. The zero-order valence-corrected chi connectivity index (χ0v) is 21.7. The first-order valence-corrected chi connectivity index (χ1v) is 13.9. The number of pyridine rings is 1. The van der Waals surface area contributed by atoms with Crippen LogP contribution < -0.4 is 14.4 Å². The summed E-state index contributed by atoms with van der Waals surface area (Å²) in [4.78, 5) is 18.4. The summed E-state index contributed by atoms with van der Waals surface area (Å²) in [6.07, 6.45) is -0.0721. The fourth-order valence-corrected chi connectivity index (χ4v) is 5.01. The zero-order valence-electron chi connectivity index (χ0n) is 20.2. The lowest BCUT2D eigenvalue weighted by atomic mass is 9.81. The summed E-state index contributed by atoms with van der Waals surface area (Å²) in [6.45, 7) is 2.83. The summed E-state index contributed by atoms with van der Waals surface area (Å²) < 4.78 is 85.5. The first-order chi connectivity index (χ1) is 17.2. The van der Waals surface area contributed by atoms with Crippen molar-refractivity contribution in [1.29, 1.82) is 0 Å². The Morgan fingerprint density at radius 3 is 2.49 bits per heavy atom. The van der Waals surface area contributed by atoms with Crippen molar-refractivity contribution in [2.45, 2.75) is 44.7 Å². The Morgan fingerprint density at radius 1 is 1.27 bits per heavy atom. The standard InChI is InChI=1S/C24H26ClF4N3O4S/c1-23(7-9-32(10-8-23)19-11-16(24(27,28)29)17(25)12-30-19)13-36-21-15(14-3-4-14)5-6-18(26)20(21)22(33)31-37(2,34)35/h5-6,11-12,14H,3-4,7-10,13H2,1-2H3,(H,31,33). The van der Waals surface area contributed by atoms with Gasteiger partial charge in [0, 0.05) is 24.7 Å². The number of benzene rings is 1. The van der Waals surface area contributed by atoms with Crippen LogP contribution in [0.3, 0.4) is 0 Å². The number of aromatic nitrogens is 1. The third-order valence-corrected chi connectivity index (χ3v) is 7.52. The second kappa shape index (κ2) is 9.94. The molecule has 1 aliphatic carbocycles. The number of sulfonamides is 1. The molecule has 0 atom stereocenters. The van der Waals surface area contributed by atoms with E-state index in [0.717, 1.165) is 37.4 Å². The first-order valence-electron chi connectivity index (χ1n) is 11.6. The Kier molecular flexibility index (Phi) is 7.37. The highest BCUT2D eigenvalue weighted by molar-refractivity contribution is 7.89. The number of anilines is 1. The van der Waals surface area contributed by atoms with E-state index in [-0.39, 0.29) is 24.1 Å². The first kappa shape index (κ1) is 27.4. The molecule has 2 heterocycles. The van der Waals surface area contributed by atoms with Crippen LogP contribution in [0, 0.1) is 11.2 Å². The van der Waals surface area contributed by atoms with Crippen LogP contribution in [-0.2, 0) is 16.2 Å². The summed E-state index contributed by atoms with van der Waals surface area (Å²) >= 11 is 5.68. The SMILES string of the molecule is CC1(COc2c(C3CC3)ccc(F)c2C(=O)NS(C)(=O)=O)CCN(c2cc(C(F)(F)F)c(Cl)cn2)CC1. The van der Waals surface area contributed by atoms with Crippen molar-refractivity contribution in [3.8, 4) is 5.75 Å². The monoisotopic (exact) mass is 563 g/mol. The number of amides is 1. The second-order valence-corrected chi connectivity index (χ2v) is 12.1. The van der Waals surface area contributed by atoms with Gasteiger partial charge in [0.1, 0.15) is 22.9 Å². The minimum atomic E-state index is -4.60. The molecule has 0 spiro atoms. The predicted molar refractivity (Wildman–Crippen MR) is 130 cm³/mol. The summed E-state index contributed by atoms with van der Waals surface area (Å²) in [5.74, 6) is -1.71. The maximum atomic E-state index is 14.7. The molecule has 1 aromatic carbocycles. The molecule has 37 heavy (non-hydrogen) atoms. The van der Waals surface area contributed by atoms with Crippen LogP contribution in [0.4, 0.5) is 23.4 Å². The molecule has 1 saturated heterocycles. The average Bonchev–Trinajstić information content (AvgIpc) is 3.62. The Labute approximate surface area is 217 Å². The third-order valence-electron chi connectivity index (χ3n) is 6.67. The van der Waals surface area contributed by atoms with Gasteiger partial charge in [0.05, 0.1) is 23.4 Å². The Bertz CT molecular complexity index is 1310. The summed E-state index contributed by atoms with van der Waals surface area (Å²) in [5, 5.41) is -0.469. The van der Waals surface area contributed by atoms with Gasteiger partial charge in [0.2, 0.25) is 10.0 Å². The quantitative estimate of drug-likeness (QED) is 0.469. The molecule has 0 bridgehead atoms. The van der Waals surface area contributed by atoms with E-state index in [2.05, 4.69) is 4.98 Å².